The van der Waals surface area contributed by atoms with Crippen LogP contribution < -0.4 is 10.6 Å². The van der Waals surface area contributed by atoms with Crippen LogP contribution in [0.2, 0.25) is 0 Å². The predicted molar refractivity (Wildman–Crippen MR) is 179 cm³/mol. The minimum atomic E-state index is -4.01. The van der Waals surface area contributed by atoms with Crippen molar-refractivity contribution in [1.82, 2.24) is 4.31 Å². The van der Waals surface area contributed by atoms with Gasteiger partial charge >= 0.3 is 5.97 Å². The van der Waals surface area contributed by atoms with Crippen LogP contribution in [-0.2, 0) is 14.8 Å². The van der Waals surface area contributed by atoms with Crippen LogP contribution in [0.1, 0.15) is 26.3 Å². The SMILES string of the molecule is Cc1ccc(S(=O)(=O)N(C)CC(=O)N(c2ccc(-c3ccc(-c4cccc(C(N)=O)c4)cc3)cc2)c2ccc(C(=O)O)c(O)c2)cc1. The fraction of sp³-hybridized carbons (Fsp3) is 0.0833. The number of benzene rings is 5. The van der Waals surface area contributed by atoms with Gasteiger partial charge in [-0.1, -0.05) is 66.2 Å². The van der Waals surface area contributed by atoms with E-state index in [9.17, 15) is 33.0 Å². The number of hydrogen-bond donors (Lipinski definition) is 3. The van der Waals surface area contributed by atoms with E-state index in [1.165, 1.54) is 36.2 Å². The molecular weight excluding hydrogens is 618 g/mol. The monoisotopic (exact) mass is 649 g/mol. The van der Waals surface area contributed by atoms with Crippen molar-refractivity contribution >= 4 is 39.2 Å². The molecule has 0 aliphatic carbocycles. The number of anilines is 2. The Labute approximate surface area is 272 Å². The quantitative estimate of drug-likeness (QED) is 0.172. The number of nitrogens with zero attached hydrogens (tertiary/aromatic N) is 2. The number of likely N-dealkylation sites (N-methyl/N-ethyl adjacent to an activating group) is 1. The van der Waals surface area contributed by atoms with Gasteiger partial charge in [0, 0.05) is 24.4 Å². The Kier molecular flexibility index (Phi) is 9.22. The van der Waals surface area contributed by atoms with Gasteiger partial charge in [-0.05, 0) is 77.7 Å². The van der Waals surface area contributed by atoms with Gasteiger partial charge in [0.2, 0.25) is 21.8 Å². The summed E-state index contributed by atoms with van der Waals surface area (Å²) >= 11 is 0. The molecule has 0 heterocycles. The van der Waals surface area contributed by atoms with Crippen LogP contribution in [0.25, 0.3) is 22.3 Å². The molecule has 238 valence electrons. The normalized spacial score (nSPS) is 11.3. The summed E-state index contributed by atoms with van der Waals surface area (Å²) in [5, 5.41) is 19.8. The Bertz CT molecular complexity index is 2080. The Morgan fingerprint density at radius 3 is 1.83 bits per heavy atom. The first kappa shape index (κ1) is 32.6. The van der Waals surface area contributed by atoms with Crippen molar-refractivity contribution in [3.8, 4) is 28.0 Å². The molecule has 10 nitrogen and oxygen atoms in total. The molecule has 5 aromatic rings. The van der Waals surface area contributed by atoms with Gasteiger partial charge in [0.15, 0.2) is 0 Å². The highest BCUT2D eigenvalue weighted by Gasteiger charge is 2.27. The van der Waals surface area contributed by atoms with Crippen molar-refractivity contribution in [2.24, 2.45) is 5.73 Å². The van der Waals surface area contributed by atoms with Gasteiger partial charge in [-0.25, -0.2) is 13.2 Å². The third-order valence-electron chi connectivity index (χ3n) is 7.63. The highest BCUT2D eigenvalue weighted by molar-refractivity contribution is 7.89. The van der Waals surface area contributed by atoms with Crippen molar-refractivity contribution in [1.29, 1.82) is 0 Å². The van der Waals surface area contributed by atoms with Crippen molar-refractivity contribution in [2.45, 2.75) is 11.8 Å². The molecule has 0 aliphatic heterocycles. The molecule has 5 aromatic carbocycles. The summed E-state index contributed by atoms with van der Waals surface area (Å²) in [6, 6.07) is 31.6. The van der Waals surface area contributed by atoms with E-state index in [1.807, 2.05) is 37.3 Å². The molecule has 0 aliphatic rings. The first-order valence-corrected chi connectivity index (χ1v) is 15.8. The number of nitrogens with two attached hydrogens (primary N) is 1. The fourth-order valence-corrected chi connectivity index (χ4v) is 6.14. The average molecular weight is 650 g/mol. The molecule has 5 rings (SSSR count). The lowest BCUT2D eigenvalue weighted by Gasteiger charge is -2.26. The van der Waals surface area contributed by atoms with Crippen molar-refractivity contribution in [3.63, 3.8) is 0 Å². The second-order valence-electron chi connectivity index (χ2n) is 10.9. The van der Waals surface area contributed by atoms with Crippen molar-refractivity contribution in [2.75, 3.05) is 18.5 Å². The zero-order valence-electron chi connectivity index (χ0n) is 25.5. The molecule has 4 N–H and O–H groups in total. The van der Waals surface area contributed by atoms with Gasteiger partial charge in [0.25, 0.3) is 0 Å². The largest absolute Gasteiger partial charge is 0.507 e. The third-order valence-corrected chi connectivity index (χ3v) is 9.45. The van der Waals surface area contributed by atoms with Crippen molar-refractivity contribution in [3.05, 3.63) is 132 Å². The van der Waals surface area contributed by atoms with Gasteiger partial charge in [-0.3, -0.25) is 14.5 Å². The number of amides is 2. The van der Waals surface area contributed by atoms with Crippen LogP contribution in [0.4, 0.5) is 11.4 Å². The number of sulfonamides is 1. The number of carboxylic acids is 1. The topological polar surface area (TPSA) is 158 Å². The number of carbonyl (C=O) groups excluding carboxylic acids is 2. The number of aryl methyl sites for hydroxylation is 1. The van der Waals surface area contributed by atoms with E-state index in [0.717, 1.165) is 38.2 Å². The molecule has 47 heavy (non-hydrogen) atoms. The summed E-state index contributed by atoms with van der Waals surface area (Å²) in [7, 11) is -2.71. The molecule has 0 unspecified atom stereocenters. The first-order valence-electron chi connectivity index (χ1n) is 14.4. The lowest BCUT2D eigenvalue weighted by Crippen LogP contribution is -2.39. The Morgan fingerprint density at radius 2 is 1.28 bits per heavy atom. The standard InChI is InChI=1S/C36H31N3O7S/c1-23-6-17-31(18-7-23)47(45,46)38(2)22-34(41)39(30-16-19-32(36(43)44)33(40)21-30)29-14-12-25(13-15-29)24-8-10-26(11-9-24)27-4-3-5-28(20-27)35(37)42/h3-21,40H,22H2,1-2H3,(H2,37,42)(H,43,44). The van der Waals surface area contributed by atoms with E-state index in [-0.39, 0.29) is 16.1 Å². The Balaban J connectivity index is 1.45. The molecule has 11 heteroatoms. The summed E-state index contributed by atoms with van der Waals surface area (Å²) in [6.45, 7) is 1.29. The third kappa shape index (κ3) is 7.06. The van der Waals surface area contributed by atoms with Crippen LogP contribution in [0, 0.1) is 6.92 Å². The Morgan fingerprint density at radius 1 is 0.723 bits per heavy atom. The number of primary amides is 1. The molecule has 0 radical (unpaired) electrons. The van der Waals surface area contributed by atoms with E-state index in [4.69, 9.17) is 5.73 Å². The maximum absolute atomic E-state index is 13.8. The molecule has 2 amide bonds. The summed E-state index contributed by atoms with van der Waals surface area (Å²) in [4.78, 5) is 38.2. The smallest absolute Gasteiger partial charge is 0.339 e. The lowest BCUT2D eigenvalue weighted by molar-refractivity contribution is -0.117. The van der Waals surface area contributed by atoms with Gasteiger partial charge in [0.05, 0.1) is 17.1 Å². The van der Waals surface area contributed by atoms with E-state index >= 15 is 0 Å². The summed E-state index contributed by atoms with van der Waals surface area (Å²) in [5.41, 5.74) is 10.3. The average Bonchev–Trinajstić information content (AvgIpc) is 3.05. The maximum atomic E-state index is 13.8. The minimum Gasteiger partial charge on any atom is -0.507 e. The molecule has 0 atom stereocenters. The Hall–Kier alpha value is -5.78. The van der Waals surface area contributed by atoms with Crippen LogP contribution in [0.15, 0.2) is 120 Å². The first-order chi connectivity index (χ1) is 22.3. The molecule has 0 aromatic heterocycles. The van der Waals surface area contributed by atoms with Crippen LogP contribution in [0.5, 0.6) is 5.75 Å². The van der Waals surface area contributed by atoms with Crippen LogP contribution >= 0.6 is 0 Å². The second-order valence-corrected chi connectivity index (χ2v) is 12.9. The molecule has 0 bridgehead atoms. The number of rotatable bonds is 10. The molecule has 0 saturated heterocycles. The van der Waals surface area contributed by atoms with Gasteiger partial charge in [-0.15, -0.1) is 0 Å². The van der Waals surface area contributed by atoms with Crippen LogP contribution in [-0.4, -0.2) is 54.3 Å². The molecule has 0 spiro atoms. The summed E-state index contributed by atoms with van der Waals surface area (Å²) < 4.78 is 27.4. The van der Waals surface area contributed by atoms with E-state index < -0.39 is 40.1 Å². The van der Waals surface area contributed by atoms with E-state index in [1.54, 1.807) is 54.6 Å². The molecular formula is C36H31N3O7S. The molecule has 0 saturated carbocycles. The second kappa shape index (κ2) is 13.3. The number of aromatic hydroxyl groups is 1. The maximum Gasteiger partial charge on any atom is 0.339 e. The number of aromatic carboxylic acids is 1. The minimum absolute atomic E-state index is 0.0318. The summed E-state index contributed by atoms with van der Waals surface area (Å²) in [5.74, 6) is -3.04. The number of carbonyl (C=O) groups is 3. The fourth-order valence-electron chi connectivity index (χ4n) is 5.02. The number of hydrogen-bond acceptors (Lipinski definition) is 6. The predicted octanol–water partition coefficient (Wildman–Crippen LogP) is 5.82. The molecule has 0 fully saturated rings. The van der Waals surface area contributed by atoms with Crippen LogP contribution in [0.3, 0.4) is 0 Å². The van der Waals surface area contributed by atoms with Crippen molar-refractivity contribution < 1.29 is 33.0 Å². The highest BCUT2D eigenvalue weighted by Crippen LogP contribution is 2.33. The number of carboxylic acid groups (broad SMARTS) is 1. The zero-order chi connectivity index (χ0) is 33.9. The van der Waals surface area contributed by atoms with Gasteiger partial charge in [-0.2, -0.15) is 4.31 Å². The zero-order valence-corrected chi connectivity index (χ0v) is 26.3. The number of phenols is 1. The van der Waals surface area contributed by atoms with Gasteiger partial charge in [0.1, 0.15) is 11.3 Å². The highest BCUT2D eigenvalue weighted by atomic mass is 32.2. The lowest BCUT2D eigenvalue weighted by atomic mass is 9.99. The summed E-state index contributed by atoms with van der Waals surface area (Å²) in [6.07, 6.45) is 0. The van der Waals surface area contributed by atoms with Gasteiger partial charge < -0.3 is 15.9 Å². The van der Waals surface area contributed by atoms with E-state index in [2.05, 4.69) is 0 Å². The van der Waals surface area contributed by atoms with E-state index in [0.29, 0.717) is 11.3 Å².